The summed E-state index contributed by atoms with van der Waals surface area (Å²) in [5.74, 6) is -1.48. The number of rotatable bonds is 3. The molecule has 2 aromatic rings. The topological polar surface area (TPSA) is 69.0 Å². The maximum Gasteiger partial charge on any atom is 0.408 e. The first-order valence-corrected chi connectivity index (χ1v) is 6.29. The maximum atomic E-state index is 14.2. The van der Waals surface area contributed by atoms with Crippen molar-refractivity contribution in [1.82, 2.24) is 20.1 Å². The molecule has 1 aromatic carbocycles. The van der Waals surface area contributed by atoms with Gasteiger partial charge in [0.2, 0.25) is 0 Å². The Morgan fingerprint density at radius 1 is 1.48 bits per heavy atom. The van der Waals surface area contributed by atoms with Crippen molar-refractivity contribution in [2.75, 3.05) is 0 Å². The van der Waals surface area contributed by atoms with Crippen LogP contribution in [0, 0.1) is 11.6 Å². The lowest BCUT2D eigenvalue weighted by molar-refractivity contribution is 0.0146. The molecule has 1 amide bonds. The molecule has 110 valence electrons. The first kappa shape index (κ1) is 13.5. The van der Waals surface area contributed by atoms with E-state index in [-0.39, 0.29) is 12.1 Å². The molecular weight excluding hydrogens is 282 g/mol. The van der Waals surface area contributed by atoms with E-state index in [9.17, 15) is 13.6 Å². The monoisotopic (exact) mass is 294 g/mol. The minimum Gasteiger partial charge on any atom is -0.434 e. The van der Waals surface area contributed by atoms with Crippen molar-refractivity contribution >= 4 is 6.09 Å². The molecule has 1 aromatic heterocycles. The number of halogens is 2. The Labute approximate surface area is 118 Å². The number of hydrogen-bond acceptors (Lipinski definition) is 4. The van der Waals surface area contributed by atoms with E-state index in [1.165, 1.54) is 23.4 Å². The first-order chi connectivity index (χ1) is 10.0. The van der Waals surface area contributed by atoms with E-state index in [4.69, 9.17) is 4.74 Å². The summed E-state index contributed by atoms with van der Waals surface area (Å²) in [6.07, 6.45) is 2.09. The molecule has 1 aliphatic rings. The second-order valence-corrected chi connectivity index (χ2v) is 4.86. The molecule has 8 heteroatoms. The maximum absolute atomic E-state index is 14.2. The van der Waals surface area contributed by atoms with E-state index < -0.39 is 29.4 Å². The van der Waals surface area contributed by atoms with Crippen LogP contribution < -0.4 is 5.32 Å². The third-order valence-corrected chi connectivity index (χ3v) is 3.56. The van der Waals surface area contributed by atoms with Gasteiger partial charge < -0.3 is 10.1 Å². The standard InChI is InChI=1S/C13H12F2N4O2/c1-8-13(21-12(20)18-8,5-19-7-16-6-17-19)10-3-2-9(14)4-11(10)15/h2-4,6-8H,5H2,1H3,(H,18,20)/t8?,13-/m1/s1. The van der Waals surface area contributed by atoms with Gasteiger partial charge in [-0.1, -0.05) is 0 Å². The van der Waals surface area contributed by atoms with Crippen molar-refractivity contribution in [3.8, 4) is 0 Å². The summed E-state index contributed by atoms with van der Waals surface area (Å²) in [5.41, 5.74) is -1.23. The molecule has 2 heterocycles. The van der Waals surface area contributed by atoms with Crippen LogP contribution in [0.15, 0.2) is 30.9 Å². The molecule has 21 heavy (non-hydrogen) atoms. The Bertz CT molecular complexity index is 677. The number of nitrogens with one attached hydrogen (secondary N) is 1. The number of nitrogens with zero attached hydrogens (tertiary/aromatic N) is 3. The van der Waals surface area contributed by atoms with E-state index in [1.54, 1.807) is 6.92 Å². The Hall–Kier alpha value is -2.51. The van der Waals surface area contributed by atoms with E-state index >= 15 is 0 Å². The number of benzene rings is 1. The van der Waals surface area contributed by atoms with Gasteiger partial charge in [-0.3, -0.25) is 0 Å². The summed E-state index contributed by atoms with van der Waals surface area (Å²) in [6, 6.07) is 2.64. The van der Waals surface area contributed by atoms with Crippen LogP contribution in [0.25, 0.3) is 0 Å². The van der Waals surface area contributed by atoms with Gasteiger partial charge in [-0.15, -0.1) is 0 Å². The Balaban J connectivity index is 2.10. The summed E-state index contributed by atoms with van der Waals surface area (Å²) in [7, 11) is 0. The lowest BCUT2D eigenvalue weighted by atomic mass is 9.87. The lowest BCUT2D eigenvalue weighted by Crippen LogP contribution is -2.43. The van der Waals surface area contributed by atoms with Gasteiger partial charge in [0.05, 0.1) is 12.6 Å². The fourth-order valence-corrected chi connectivity index (χ4v) is 2.51. The largest absolute Gasteiger partial charge is 0.434 e. The highest BCUT2D eigenvalue weighted by Crippen LogP contribution is 2.37. The van der Waals surface area contributed by atoms with E-state index in [1.807, 2.05) is 0 Å². The molecule has 1 saturated heterocycles. The fourth-order valence-electron chi connectivity index (χ4n) is 2.51. The lowest BCUT2D eigenvalue weighted by Gasteiger charge is -2.31. The van der Waals surface area contributed by atoms with Crippen LogP contribution in [0.3, 0.4) is 0 Å². The highest BCUT2D eigenvalue weighted by molar-refractivity contribution is 5.71. The molecule has 1 fully saturated rings. The second kappa shape index (κ2) is 4.80. The first-order valence-electron chi connectivity index (χ1n) is 6.29. The minimum absolute atomic E-state index is 0.0649. The zero-order chi connectivity index (χ0) is 15.0. The SMILES string of the molecule is CC1NC(=O)O[C@@]1(Cn1cncn1)c1ccc(F)cc1F. The molecular formula is C13H12F2N4O2. The molecule has 0 saturated carbocycles. The van der Waals surface area contributed by atoms with Gasteiger partial charge in [0, 0.05) is 11.6 Å². The molecule has 1 aliphatic heterocycles. The number of hydrogen-bond donors (Lipinski definition) is 1. The molecule has 0 radical (unpaired) electrons. The predicted octanol–water partition coefficient (Wildman–Crippen LogP) is 1.58. The van der Waals surface area contributed by atoms with Crippen LogP contribution >= 0.6 is 0 Å². The average molecular weight is 294 g/mol. The van der Waals surface area contributed by atoms with E-state index in [0.717, 1.165) is 12.1 Å². The molecule has 0 aliphatic carbocycles. The molecule has 1 unspecified atom stereocenters. The van der Waals surface area contributed by atoms with Crippen LogP contribution in [0.2, 0.25) is 0 Å². The van der Waals surface area contributed by atoms with Crippen molar-refractivity contribution in [2.24, 2.45) is 0 Å². The van der Waals surface area contributed by atoms with E-state index in [0.29, 0.717) is 0 Å². The minimum atomic E-state index is -1.32. The van der Waals surface area contributed by atoms with Gasteiger partial charge in [0.1, 0.15) is 24.3 Å². The van der Waals surface area contributed by atoms with Crippen LogP contribution in [0.4, 0.5) is 13.6 Å². The van der Waals surface area contributed by atoms with E-state index in [2.05, 4.69) is 15.4 Å². The Kier molecular flexibility index (Phi) is 3.08. The van der Waals surface area contributed by atoms with Gasteiger partial charge in [-0.2, -0.15) is 5.10 Å². The third-order valence-electron chi connectivity index (χ3n) is 3.56. The zero-order valence-electron chi connectivity index (χ0n) is 11.1. The quantitative estimate of drug-likeness (QED) is 0.933. The van der Waals surface area contributed by atoms with Crippen molar-refractivity contribution in [3.63, 3.8) is 0 Å². The number of alkyl carbamates (subject to hydrolysis) is 1. The molecule has 0 bridgehead atoms. The smallest absolute Gasteiger partial charge is 0.408 e. The van der Waals surface area contributed by atoms with Gasteiger partial charge in [-0.05, 0) is 19.1 Å². The van der Waals surface area contributed by atoms with Gasteiger partial charge in [-0.25, -0.2) is 23.2 Å². The molecule has 3 rings (SSSR count). The summed E-state index contributed by atoms with van der Waals surface area (Å²) < 4.78 is 34.1. The number of ether oxygens (including phenoxy) is 1. The van der Waals surface area contributed by atoms with Gasteiger partial charge in [0.15, 0.2) is 5.60 Å². The van der Waals surface area contributed by atoms with Crippen molar-refractivity contribution in [2.45, 2.75) is 25.1 Å². The molecule has 1 N–H and O–H groups in total. The van der Waals surface area contributed by atoms with Crippen LogP contribution in [0.5, 0.6) is 0 Å². The number of carbonyl (C=O) groups is 1. The van der Waals surface area contributed by atoms with Crippen LogP contribution in [-0.2, 0) is 16.9 Å². The molecule has 6 nitrogen and oxygen atoms in total. The van der Waals surface area contributed by atoms with Crippen molar-refractivity contribution < 1.29 is 18.3 Å². The molecule has 0 spiro atoms. The van der Waals surface area contributed by atoms with Gasteiger partial charge >= 0.3 is 6.09 Å². The van der Waals surface area contributed by atoms with Crippen molar-refractivity contribution in [1.29, 1.82) is 0 Å². The average Bonchev–Trinajstić information content (AvgIpc) is 2.99. The number of cyclic esters (lactones) is 1. The van der Waals surface area contributed by atoms with Crippen LogP contribution in [-0.4, -0.2) is 26.9 Å². The summed E-state index contributed by atoms with van der Waals surface area (Å²) in [4.78, 5) is 15.4. The highest BCUT2D eigenvalue weighted by Gasteiger charge is 2.50. The summed E-state index contributed by atoms with van der Waals surface area (Å²) in [5, 5.41) is 6.52. The Morgan fingerprint density at radius 2 is 2.29 bits per heavy atom. The van der Waals surface area contributed by atoms with Crippen LogP contribution in [0.1, 0.15) is 12.5 Å². The number of carbonyl (C=O) groups excluding carboxylic acids is 1. The second-order valence-electron chi connectivity index (χ2n) is 4.86. The normalized spacial score (nSPS) is 24.7. The zero-order valence-corrected chi connectivity index (χ0v) is 11.1. The number of amides is 1. The highest BCUT2D eigenvalue weighted by atomic mass is 19.1. The fraction of sp³-hybridized carbons (Fsp3) is 0.308. The summed E-state index contributed by atoms with van der Waals surface area (Å²) >= 11 is 0. The van der Waals surface area contributed by atoms with Crippen molar-refractivity contribution in [3.05, 3.63) is 48.1 Å². The summed E-state index contributed by atoms with van der Waals surface area (Å²) in [6.45, 7) is 1.75. The molecule has 2 atom stereocenters. The predicted molar refractivity (Wildman–Crippen MR) is 67.1 cm³/mol. The third kappa shape index (κ3) is 2.22. The van der Waals surface area contributed by atoms with Gasteiger partial charge in [0.25, 0.3) is 0 Å². The number of aromatic nitrogens is 3. The Morgan fingerprint density at radius 3 is 2.86 bits per heavy atom.